The van der Waals surface area contributed by atoms with Crippen LogP contribution in [0.1, 0.15) is 28.6 Å². The number of aryl methyl sites for hydroxylation is 1. The van der Waals surface area contributed by atoms with Crippen LogP contribution in [0.15, 0.2) is 60.7 Å². The topological polar surface area (TPSA) is 90.1 Å². The molecule has 0 fully saturated rings. The molecule has 0 unspecified atom stereocenters. The maximum Gasteiger partial charge on any atom is 0.312 e. The molecule has 144 valence electrons. The van der Waals surface area contributed by atoms with Crippen LogP contribution in [0, 0.1) is 24.0 Å². The van der Waals surface area contributed by atoms with Crippen LogP contribution in [0.5, 0.6) is 0 Å². The van der Waals surface area contributed by atoms with Crippen LogP contribution >= 0.6 is 0 Å². The Morgan fingerprint density at radius 2 is 1.71 bits per heavy atom. The number of rotatable bonds is 7. The summed E-state index contributed by atoms with van der Waals surface area (Å²) in [6.07, 6.45) is 0.647. The molecule has 1 N–H and O–H groups in total. The van der Waals surface area contributed by atoms with Gasteiger partial charge in [0.2, 0.25) is 5.91 Å². The Labute approximate surface area is 163 Å². The zero-order valence-corrected chi connectivity index (χ0v) is 15.8. The molecule has 3 aromatic rings. The lowest BCUT2D eigenvalue weighted by Gasteiger charge is -2.20. The first kappa shape index (κ1) is 19.3. The lowest BCUT2D eigenvalue weighted by Crippen LogP contribution is -2.33. The molecule has 1 amide bonds. The lowest BCUT2D eigenvalue weighted by molar-refractivity contribution is -0.386. The van der Waals surface area contributed by atoms with Gasteiger partial charge in [-0.3, -0.25) is 19.6 Å². The molecule has 1 atom stereocenters. The Kier molecular flexibility index (Phi) is 5.84. The number of amides is 1. The third-order valence-corrected chi connectivity index (χ3v) is 4.64. The molecule has 0 spiro atoms. The number of hydrogen-bond acceptors (Lipinski definition) is 4. The van der Waals surface area contributed by atoms with Crippen molar-refractivity contribution in [3.05, 3.63) is 93.3 Å². The molecule has 1 aromatic heterocycles. The van der Waals surface area contributed by atoms with E-state index in [-0.39, 0.29) is 24.2 Å². The van der Waals surface area contributed by atoms with Gasteiger partial charge in [-0.15, -0.1) is 0 Å². The van der Waals surface area contributed by atoms with Crippen molar-refractivity contribution in [3.63, 3.8) is 0 Å². The SMILES string of the molecule is Cc1nn(CC(=O)N[C@H](Cc2ccccc2)c2ccccc2)c(C)c1[N+](=O)[O-]. The van der Waals surface area contributed by atoms with Gasteiger partial charge in [0.05, 0.1) is 11.0 Å². The van der Waals surface area contributed by atoms with Crippen molar-refractivity contribution in [2.75, 3.05) is 0 Å². The van der Waals surface area contributed by atoms with Crippen LogP contribution in [0.2, 0.25) is 0 Å². The van der Waals surface area contributed by atoms with Gasteiger partial charge in [0.15, 0.2) is 0 Å². The summed E-state index contributed by atoms with van der Waals surface area (Å²) in [4.78, 5) is 23.4. The van der Waals surface area contributed by atoms with E-state index in [1.165, 1.54) is 4.68 Å². The first-order valence-electron chi connectivity index (χ1n) is 9.02. The highest BCUT2D eigenvalue weighted by Crippen LogP contribution is 2.22. The largest absolute Gasteiger partial charge is 0.347 e. The van der Waals surface area contributed by atoms with Crippen molar-refractivity contribution < 1.29 is 9.72 Å². The minimum absolute atomic E-state index is 0.0447. The number of carbonyl (C=O) groups is 1. The highest BCUT2D eigenvalue weighted by molar-refractivity contribution is 5.76. The van der Waals surface area contributed by atoms with Crippen molar-refractivity contribution >= 4 is 11.6 Å². The average Bonchev–Trinajstić information content (AvgIpc) is 2.96. The van der Waals surface area contributed by atoms with Gasteiger partial charge in [0, 0.05) is 0 Å². The lowest BCUT2D eigenvalue weighted by atomic mass is 9.99. The van der Waals surface area contributed by atoms with E-state index in [1.54, 1.807) is 13.8 Å². The second-order valence-electron chi connectivity index (χ2n) is 6.65. The van der Waals surface area contributed by atoms with Crippen LogP contribution in [0.25, 0.3) is 0 Å². The molecule has 1 heterocycles. The van der Waals surface area contributed by atoms with E-state index in [0.717, 1.165) is 11.1 Å². The molecule has 0 radical (unpaired) electrons. The van der Waals surface area contributed by atoms with Crippen LogP contribution in [-0.4, -0.2) is 20.6 Å². The monoisotopic (exact) mass is 378 g/mol. The number of nitro groups is 1. The molecule has 0 saturated heterocycles. The van der Waals surface area contributed by atoms with Crippen molar-refractivity contribution in [2.24, 2.45) is 0 Å². The molecule has 0 saturated carbocycles. The number of benzene rings is 2. The average molecular weight is 378 g/mol. The molecular formula is C21H22N4O3. The summed E-state index contributed by atoms with van der Waals surface area (Å²) in [6, 6.07) is 19.5. The minimum Gasteiger partial charge on any atom is -0.347 e. The van der Waals surface area contributed by atoms with Gasteiger partial charge in [-0.05, 0) is 31.4 Å². The molecule has 7 heteroatoms. The number of nitrogens with zero attached hydrogens (tertiary/aromatic N) is 3. The maximum atomic E-state index is 12.7. The predicted octanol–water partition coefficient (Wildman–Crippen LogP) is 3.51. The number of hydrogen-bond donors (Lipinski definition) is 1. The molecule has 0 aliphatic rings. The van der Waals surface area contributed by atoms with Gasteiger partial charge >= 0.3 is 5.69 Å². The Bertz CT molecular complexity index is 968. The summed E-state index contributed by atoms with van der Waals surface area (Å²) in [5, 5.41) is 18.4. The summed E-state index contributed by atoms with van der Waals surface area (Å²) in [6.45, 7) is 3.10. The van der Waals surface area contributed by atoms with Gasteiger partial charge < -0.3 is 5.32 Å². The number of nitrogens with one attached hydrogen (secondary N) is 1. The first-order valence-corrected chi connectivity index (χ1v) is 9.02. The Hall–Kier alpha value is -3.48. The summed E-state index contributed by atoms with van der Waals surface area (Å²) in [5.41, 5.74) is 2.74. The number of aromatic nitrogens is 2. The van der Waals surface area contributed by atoms with E-state index >= 15 is 0 Å². The Morgan fingerprint density at radius 1 is 1.11 bits per heavy atom. The zero-order valence-electron chi connectivity index (χ0n) is 15.8. The highest BCUT2D eigenvalue weighted by Gasteiger charge is 2.23. The van der Waals surface area contributed by atoms with E-state index in [9.17, 15) is 14.9 Å². The van der Waals surface area contributed by atoms with Gasteiger partial charge in [0.1, 0.15) is 17.9 Å². The summed E-state index contributed by atoms with van der Waals surface area (Å²) in [5.74, 6) is -0.245. The van der Waals surface area contributed by atoms with Crippen molar-refractivity contribution in [2.45, 2.75) is 32.9 Å². The standard InChI is InChI=1S/C21H22N4O3/c1-15-21(25(27)28)16(2)24(23-15)14-20(26)22-19(18-11-7-4-8-12-18)13-17-9-5-3-6-10-17/h3-12,19H,13-14H2,1-2H3,(H,22,26)/t19-/m1/s1. The van der Waals surface area contributed by atoms with E-state index in [2.05, 4.69) is 10.4 Å². The van der Waals surface area contributed by atoms with Gasteiger partial charge in [-0.2, -0.15) is 5.10 Å². The molecule has 0 bridgehead atoms. The summed E-state index contributed by atoms with van der Waals surface area (Å²) < 4.78 is 1.38. The fourth-order valence-corrected chi connectivity index (χ4v) is 3.27. The second kappa shape index (κ2) is 8.47. The van der Waals surface area contributed by atoms with E-state index < -0.39 is 4.92 Å². The maximum absolute atomic E-state index is 12.7. The molecule has 0 aliphatic heterocycles. The van der Waals surface area contributed by atoms with Crippen LogP contribution in [0.4, 0.5) is 5.69 Å². The third kappa shape index (κ3) is 4.43. The van der Waals surface area contributed by atoms with E-state index in [4.69, 9.17) is 0 Å². The van der Waals surface area contributed by atoms with Crippen molar-refractivity contribution in [1.82, 2.24) is 15.1 Å². The third-order valence-electron chi connectivity index (χ3n) is 4.64. The van der Waals surface area contributed by atoms with E-state index in [1.807, 2.05) is 60.7 Å². The quantitative estimate of drug-likeness (QED) is 0.503. The predicted molar refractivity (Wildman–Crippen MR) is 106 cm³/mol. The van der Waals surface area contributed by atoms with Gasteiger partial charge in [-0.25, -0.2) is 0 Å². The molecule has 2 aromatic carbocycles. The normalized spacial score (nSPS) is 11.8. The smallest absolute Gasteiger partial charge is 0.312 e. The molecule has 0 aliphatic carbocycles. The fraction of sp³-hybridized carbons (Fsp3) is 0.238. The van der Waals surface area contributed by atoms with Crippen molar-refractivity contribution in [1.29, 1.82) is 0 Å². The molecule has 3 rings (SSSR count). The summed E-state index contributed by atoms with van der Waals surface area (Å²) in [7, 11) is 0. The van der Waals surface area contributed by atoms with Crippen LogP contribution in [-0.2, 0) is 17.8 Å². The molecule has 28 heavy (non-hydrogen) atoms. The highest BCUT2D eigenvalue weighted by atomic mass is 16.6. The van der Waals surface area contributed by atoms with Crippen LogP contribution in [0.3, 0.4) is 0 Å². The van der Waals surface area contributed by atoms with Gasteiger partial charge in [0.25, 0.3) is 0 Å². The Morgan fingerprint density at radius 3 is 2.29 bits per heavy atom. The fourth-order valence-electron chi connectivity index (χ4n) is 3.27. The second-order valence-corrected chi connectivity index (χ2v) is 6.65. The van der Waals surface area contributed by atoms with E-state index in [0.29, 0.717) is 17.8 Å². The van der Waals surface area contributed by atoms with Gasteiger partial charge in [-0.1, -0.05) is 60.7 Å². The van der Waals surface area contributed by atoms with Crippen LogP contribution < -0.4 is 5.32 Å². The summed E-state index contributed by atoms with van der Waals surface area (Å²) >= 11 is 0. The number of carbonyl (C=O) groups excluding carboxylic acids is 1. The minimum atomic E-state index is -0.464. The first-order chi connectivity index (χ1) is 13.5. The molecule has 7 nitrogen and oxygen atoms in total. The Balaban J connectivity index is 1.78. The molecular weight excluding hydrogens is 356 g/mol. The van der Waals surface area contributed by atoms with Crippen molar-refractivity contribution in [3.8, 4) is 0 Å². The zero-order chi connectivity index (χ0) is 20.1.